The van der Waals surface area contributed by atoms with E-state index in [1.165, 1.54) is 0 Å². The first-order valence-corrected chi connectivity index (χ1v) is 3.45. The van der Waals surface area contributed by atoms with Crippen LogP contribution >= 0.6 is 12.6 Å². The molecule has 7 heteroatoms. The van der Waals surface area contributed by atoms with Gasteiger partial charge < -0.3 is 18.2 Å². The van der Waals surface area contributed by atoms with Gasteiger partial charge in [-0.05, 0) is 12.1 Å². The predicted molar refractivity (Wildman–Crippen MR) is 52.7 cm³/mol. The summed E-state index contributed by atoms with van der Waals surface area (Å²) in [6.07, 6.45) is 0. The van der Waals surface area contributed by atoms with Gasteiger partial charge in [0.15, 0.2) is 17.2 Å². The summed E-state index contributed by atoms with van der Waals surface area (Å²) < 4.78 is 0. The quantitative estimate of drug-likeness (QED) is 0.303. The van der Waals surface area contributed by atoms with E-state index < -0.39 is 22.4 Å². The molecule has 0 atom stereocenters. The molecule has 0 amide bonds. The molecule has 0 aliphatic rings. The molecule has 0 fully saturated rings. The van der Waals surface area contributed by atoms with E-state index in [0.717, 1.165) is 12.1 Å². The minimum absolute atomic E-state index is 0. The van der Waals surface area contributed by atoms with Crippen molar-refractivity contribution in [1.29, 1.82) is 0 Å². The van der Waals surface area contributed by atoms with E-state index in [4.69, 9.17) is 15.3 Å². The van der Waals surface area contributed by atoms with Crippen molar-refractivity contribution in [2.45, 2.75) is 0 Å². The van der Waals surface area contributed by atoms with Crippen molar-refractivity contribution in [2.24, 2.45) is 0 Å². The Bertz CT molecular complexity index is 330. The number of rotatable bonds is 1. The molecule has 3 N–H and O–H groups in total. The van der Waals surface area contributed by atoms with Gasteiger partial charge in [0.1, 0.15) is 0 Å². The molecule has 4 nitrogen and oxygen atoms in total. The SMILES string of the molecule is O=C(S)c1cc(O)c(O)c(O)c1.[Eu].[H-].[H-].[Sr+2]. The van der Waals surface area contributed by atoms with E-state index in [2.05, 4.69) is 12.6 Å². The zero-order chi connectivity index (χ0) is 9.30. The molecule has 0 heterocycles. The largest absolute Gasteiger partial charge is 2.00 e. The van der Waals surface area contributed by atoms with Gasteiger partial charge >= 0.3 is 45.5 Å². The second-order valence-electron chi connectivity index (χ2n) is 2.17. The molecule has 0 saturated heterocycles. The van der Waals surface area contributed by atoms with Crippen LogP contribution in [0.4, 0.5) is 0 Å². The van der Waals surface area contributed by atoms with Crippen LogP contribution < -0.4 is 0 Å². The molecule has 1 radical (unpaired) electrons. The maximum absolute atomic E-state index is 10.6. The third kappa shape index (κ3) is 4.70. The van der Waals surface area contributed by atoms with Crippen LogP contribution in [0.2, 0.25) is 0 Å². The smallest absolute Gasteiger partial charge is 1.00 e. The Kier molecular flexibility index (Phi) is 10.2. The molecule has 14 heavy (non-hydrogen) atoms. The van der Waals surface area contributed by atoms with E-state index in [-0.39, 0.29) is 103 Å². The Labute approximate surface area is 167 Å². The summed E-state index contributed by atoms with van der Waals surface area (Å²) in [5.74, 6) is -1.74. The number of hydrogen-bond acceptors (Lipinski definition) is 4. The molecule has 0 bridgehead atoms. The molecule has 75 valence electrons. The number of hydrogen-bond donors (Lipinski definition) is 4. The number of aromatic hydroxyl groups is 3. The number of phenolic OH excluding ortho intramolecular Hbond substituents is 3. The Morgan fingerprint density at radius 1 is 1.21 bits per heavy atom. The van der Waals surface area contributed by atoms with Crippen molar-refractivity contribution in [2.75, 3.05) is 0 Å². The molecule has 0 aliphatic heterocycles. The number of carbonyl (C=O) groups excluding carboxylic acids is 1. The molecular formula is C7H8EuO4SSr. The fourth-order valence-electron chi connectivity index (χ4n) is 0.728. The summed E-state index contributed by atoms with van der Waals surface area (Å²) in [6.45, 7) is 0. The zero-order valence-electron chi connectivity index (χ0n) is 8.94. The minimum atomic E-state index is -0.645. The summed E-state index contributed by atoms with van der Waals surface area (Å²) in [4.78, 5) is 10.6. The maximum Gasteiger partial charge on any atom is 2.00 e. The number of thiol groups is 1. The van der Waals surface area contributed by atoms with Crippen molar-refractivity contribution in [3.05, 3.63) is 17.7 Å². The van der Waals surface area contributed by atoms with Crippen LogP contribution in [0.3, 0.4) is 0 Å². The Morgan fingerprint density at radius 2 is 1.57 bits per heavy atom. The van der Waals surface area contributed by atoms with Gasteiger partial charge in [-0.1, -0.05) is 0 Å². The summed E-state index contributed by atoms with van der Waals surface area (Å²) in [5, 5.41) is 26.1. The molecular weight excluding hydrogens is 420 g/mol. The van der Waals surface area contributed by atoms with Gasteiger partial charge in [-0.2, -0.15) is 0 Å². The van der Waals surface area contributed by atoms with E-state index in [0.29, 0.717) is 0 Å². The van der Waals surface area contributed by atoms with Crippen LogP contribution in [0.1, 0.15) is 13.2 Å². The summed E-state index contributed by atoms with van der Waals surface area (Å²) >= 11 is 3.47. The molecule has 0 saturated carbocycles. The normalized spacial score (nSPS) is 8.36. The molecule has 1 aromatic rings. The summed E-state index contributed by atoms with van der Waals surface area (Å²) in [5.41, 5.74) is 0.0196. The third-order valence-electron chi connectivity index (χ3n) is 1.32. The second kappa shape index (κ2) is 7.89. The van der Waals surface area contributed by atoms with E-state index in [1.54, 1.807) is 0 Å². The first kappa shape index (κ1) is 18.1. The molecule has 0 aliphatic carbocycles. The van der Waals surface area contributed by atoms with Gasteiger partial charge in [-0.15, -0.1) is 12.6 Å². The van der Waals surface area contributed by atoms with Crippen LogP contribution in [-0.4, -0.2) is 65.9 Å². The van der Waals surface area contributed by atoms with Crippen LogP contribution in [0, 0.1) is 49.4 Å². The fourth-order valence-corrected chi connectivity index (χ4v) is 0.857. The van der Waals surface area contributed by atoms with E-state index in [1.807, 2.05) is 0 Å². The Morgan fingerprint density at radius 3 is 1.86 bits per heavy atom. The topological polar surface area (TPSA) is 77.8 Å². The standard InChI is InChI=1S/C7H6O4S.Eu.Sr.2H/c8-4-1-3(7(11)12)2-5(9)6(4)10;;;;/h1-2,8-10H,(H,11,12);;;;/q;;+2;2*-1. The van der Waals surface area contributed by atoms with Crippen molar-refractivity contribution in [3.8, 4) is 17.2 Å². The molecule has 0 spiro atoms. The fraction of sp³-hybridized carbons (Fsp3) is 0. The van der Waals surface area contributed by atoms with E-state index >= 15 is 0 Å². The maximum atomic E-state index is 10.6. The Hall–Kier alpha value is 1.70. The van der Waals surface area contributed by atoms with Crippen LogP contribution in [-0.2, 0) is 0 Å². The molecule has 1 rings (SSSR count). The van der Waals surface area contributed by atoms with Crippen molar-refractivity contribution in [3.63, 3.8) is 0 Å². The summed E-state index contributed by atoms with van der Waals surface area (Å²) in [6, 6.07) is 2.04. The average molecular weight is 428 g/mol. The van der Waals surface area contributed by atoms with Gasteiger partial charge in [-0.25, -0.2) is 0 Å². The van der Waals surface area contributed by atoms with Gasteiger partial charge in [-0.3, -0.25) is 4.79 Å². The van der Waals surface area contributed by atoms with Crippen LogP contribution in [0.15, 0.2) is 12.1 Å². The molecule has 1 aromatic carbocycles. The van der Waals surface area contributed by atoms with Crippen molar-refractivity contribution < 1.29 is 72.3 Å². The Balaban J connectivity index is -0.000000180. The third-order valence-corrected chi connectivity index (χ3v) is 1.57. The minimum Gasteiger partial charge on any atom is -1.00 e. The van der Waals surface area contributed by atoms with Gasteiger partial charge in [0.25, 0.3) is 0 Å². The van der Waals surface area contributed by atoms with Gasteiger partial charge in [0.05, 0.1) is 0 Å². The van der Waals surface area contributed by atoms with E-state index in [9.17, 15) is 4.79 Å². The van der Waals surface area contributed by atoms with Crippen LogP contribution in [0.25, 0.3) is 0 Å². The monoisotopic (exact) mass is 429 g/mol. The number of carbonyl (C=O) groups is 1. The summed E-state index contributed by atoms with van der Waals surface area (Å²) in [7, 11) is 0. The first-order valence-electron chi connectivity index (χ1n) is 3.00. The van der Waals surface area contributed by atoms with Gasteiger partial charge in [0, 0.05) is 54.9 Å². The molecule has 0 unspecified atom stereocenters. The zero-order valence-corrected chi connectivity index (χ0v) is 13.7. The number of benzene rings is 1. The van der Waals surface area contributed by atoms with Crippen LogP contribution in [0.5, 0.6) is 17.2 Å². The molecule has 0 aromatic heterocycles. The average Bonchev–Trinajstić information content (AvgIpc) is 1.99. The second-order valence-corrected chi connectivity index (χ2v) is 2.57. The first-order chi connectivity index (χ1) is 5.52. The van der Waals surface area contributed by atoms with Crippen molar-refractivity contribution in [1.82, 2.24) is 0 Å². The number of phenols is 3. The van der Waals surface area contributed by atoms with Crippen molar-refractivity contribution >= 4 is 63.2 Å². The predicted octanol–water partition coefficient (Wildman–Crippen LogP) is 0.718. The van der Waals surface area contributed by atoms with Gasteiger partial charge in [0.2, 0.25) is 5.12 Å².